The van der Waals surface area contributed by atoms with E-state index >= 15 is 0 Å². The van der Waals surface area contributed by atoms with Gasteiger partial charge < -0.3 is 4.90 Å². The van der Waals surface area contributed by atoms with Gasteiger partial charge in [-0.3, -0.25) is 9.78 Å². The molecule has 1 aliphatic carbocycles. The first kappa shape index (κ1) is 16.2. The minimum Gasteiger partial charge on any atom is -0.311 e. The molecule has 0 bridgehead atoms. The van der Waals surface area contributed by atoms with Crippen LogP contribution in [0.2, 0.25) is 0 Å². The summed E-state index contributed by atoms with van der Waals surface area (Å²) < 4.78 is 0. The van der Waals surface area contributed by atoms with Crippen molar-refractivity contribution in [3.63, 3.8) is 0 Å². The molecule has 2 aromatic rings. The number of carbonyl (C=O) groups excluding carboxylic acids is 1. The maximum Gasteiger partial charge on any atom is 0.230 e. The van der Waals surface area contributed by atoms with E-state index in [1.165, 1.54) is 5.56 Å². The molecule has 1 fully saturated rings. The van der Waals surface area contributed by atoms with E-state index in [0.717, 1.165) is 23.2 Å². The fourth-order valence-corrected chi connectivity index (χ4v) is 3.05. The van der Waals surface area contributed by atoms with Gasteiger partial charge >= 0.3 is 0 Å². The molecule has 4 heteroatoms. The fraction of sp³-hybridized carbons (Fsp3) is 0.350. The molecule has 0 aliphatic heterocycles. The minimum atomic E-state index is -0.00509. The molecule has 3 rings (SSSR count). The van der Waals surface area contributed by atoms with Crippen LogP contribution in [-0.4, -0.2) is 17.4 Å². The molecule has 0 saturated heterocycles. The van der Waals surface area contributed by atoms with Gasteiger partial charge in [-0.15, -0.1) is 0 Å². The van der Waals surface area contributed by atoms with Gasteiger partial charge in [-0.25, -0.2) is 0 Å². The smallest absolute Gasteiger partial charge is 0.230 e. The standard InChI is InChI=1S/C20H21N3O/c1-14-6-7-17(11-15(14)2)23(10-4-8-21)20(24)19-12-18(19)16-5-3-9-22-13-16/h3,5-7,9,11,13,18-19H,4,10,12H2,1-2H3/t18-,19+/m1/s1. The van der Waals surface area contributed by atoms with E-state index in [-0.39, 0.29) is 17.7 Å². The number of hydrogen-bond acceptors (Lipinski definition) is 3. The first-order valence-electron chi connectivity index (χ1n) is 8.27. The predicted octanol–water partition coefficient (Wildman–Crippen LogP) is 3.75. The third-order valence-corrected chi connectivity index (χ3v) is 4.74. The van der Waals surface area contributed by atoms with Gasteiger partial charge in [0.15, 0.2) is 0 Å². The molecule has 0 unspecified atom stereocenters. The molecular formula is C20H21N3O. The lowest BCUT2D eigenvalue weighted by atomic mass is 10.1. The van der Waals surface area contributed by atoms with E-state index in [9.17, 15) is 4.79 Å². The Kier molecular flexibility index (Phi) is 4.61. The monoisotopic (exact) mass is 319 g/mol. The van der Waals surface area contributed by atoms with E-state index in [2.05, 4.69) is 18.0 Å². The SMILES string of the molecule is Cc1ccc(N(CCC#N)C(=O)[C@H]2C[C@@H]2c2cccnc2)cc1C. The summed E-state index contributed by atoms with van der Waals surface area (Å²) in [5, 5.41) is 8.93. The average molecular weight is 319 g/mol. The summed E-state index contributed by atoms with van der Waals surface area (Å²) in [5.41, 5.74) is 4.36. The first-order chi connectivity index (χ1) is 11.6. The lowest BCUT2D eigenvalue weighted by molar-refractivity contribution is -0.119. The zero-order valence-corrected chi connectivity index (χ0v) is 14.1. The highest BCUT2D eigenvalue weighted by Gasteiger charge is 2.46. The van der Waals surface area contributed by atoms with Crippen molar-refractivity contribution in [2.45, 2.75) is 32.6 Å². The maximum absolute atomic E-state index is 13.0. The van der Waals surface area contributed by atoms with Gasteiger partial charge in [0.1, 0.15) is 0 Å². The van der Waals surface area contributed by atoms with Crippen LogP contribution in [0.15, 0.2) is 42.7 Å². The summed E-state index contributed by atoms with van der Waals surface area (Å²) in [4.78, 5) is 18.9. The van der Waals surface area contributed by atoms with Crippen molar-refractivity contribution in [2.75, 3.05) is 11.4 Å². The summed E-state index contributed by atoms with van der Waals surface area (Å²) in [6.45, 7) is 4.54. The highest BCUT2D eigenvalue weighted by molar-refractivity contribution is 5.97. The topological polar surface area (TPSA) is 57.0 Å². The Morgan fingerprint density at radius 2 is 2.17 bits per heavy atom. The Bertz CT molecular complexity index is 779. The van der Waals surface area contributed by atoms with Crippen molar-refractivity contribution in [2.24, 2.45) is 5.92 Å². The van der Waals surface area contributed by atoms with Crippen molar-refractivity contribution >= 4 is 11.6 Å². The van der Waals surface area contributed by atoms with Crippen LogP contribution in [0.4, 0.5) is 5.69 Å². The lowest BCUT2D eigenvalue weighted by Crippen LogP contribution is -2.33. The number of hydrogen-bond donors (Lipinski definition) is 0. The van der Waals surface area contributed by atoms with Gasteiger partial charge in [0.25, 0.3) is 0 Å². The third-order valence-electron chi connectivity index (χ3n) is 4.74. The zero-order valence-electron chi connectivity index (χ0n) is 14.1. The molecule has 1 aliphatic rings. The molecule has 122 valence electrons. The number of aromatic nitrogens is 1. The highest BCUT2D eigenvalue weighted by atomic mass is 16.2. The number of anilines is 1. The van der Waals surface area contributed by atoms with Crippen LogP contribution in [0.1, 0.15) is 35.4 Å². The molecule has 1 amide bonds. The molecule has 2 atom stereocenters. The van der Waals surface area contributed by atoms with Crippen LogP contribution in [-0.2, 0) is 4.79 Å². The van der Waals surface area contributed by atoms with Crippen LogP contribution < -0.4 is 4.90 Å². The summed E-state index contributed by atoms with van der Waals surface area (Å²) in [6, 6.07) is 12.1. The predicted molar refractivity (Wildman–Crippen MR) is 93.6 cm³/mol. The quantitative estimate of drug-likeness (QED) is 0.843. The van der Waals surface area contributed by atoms with Gasteiger partial charge in [-0.2, -0.15) is 5.26 Å². The number of nitriles is 1. The highest BCUT2D eigenvalue weighted by Crippen LogP contribution is 2.48. The van der Waals surface area contributed by atoms with Crippen LogP contribution in [0.5, 0.6) is 0 Å². The molecule has 1 saturated carbocycles. The minimum absolute atomic E-state index is 0.00509. The van der Waals surface area contributed by atoms with Gasteiger partial charge in [0.2, 0.25) is 5.91 Å². The van der Waals surface area contributed by atoms with Crippen molar-refractivity contribution in [1.82, 2.24) is 4.98 Å². The molecule has 1 aromatic heterocycles. The molecule has 0 N–H and O–H groups in total. The van der Waals surface area contributed by atoms with Crippen LogP contribution in [0.3, 0.4) is 0 Å². The Morgan fingerprint density at radius 1 is 1.33 bits per heavy atom. The summed E-state index contributed by atoms with van der Waals surface area (Å²) >= 11 is 0. The van der Waals surface area contributed by atoms with E-state index in [1.807, 2.05) is 43.5 Å². The fourth-order valence-electron chi connectivity index (χ4n) is 3.05. The maximum atomic E-state index is 13.0. The van der Waals surface area contributed by atoms with Crippen LogP contribution >= 0.6 is 0 Å². The molecule has 24 heavy (non-hydrogen) atoms. The Balaban J connectivity index is 1.80. The number of rotatable bonds is 5. The van der Waals surface area contributed by atoms with E-state index in [0.29, 0.717) is 13.0 Å². The second-order valence-corrected chi connectivity index (χ2v) is 6.40. The second kappa shape index (κ2) is 6.84. The van der Waals surface area contributed by atoms with Gasteiger partial charge in [0, 0.05) is 30.5 Å². The van der Waals surface area contributed by atoms with Gasteiger partial charge in [0.05, 0.1) is 12.5 Å². The molecular weight excluding hydrogens is 298 g/mol. The number of aryl methyl sites for hydroxylation is 2. The van der Waals surface area contributed by atoms with Crippen molar-refractivity contribution in [1.29, 1.82) is 5.26 Å². The number of carbonyl (C=O) groups is 1. The lowest BCUT2D eigenvalue weighted by Gasteiger charge is -2.23. The van der Waals surface area contributed by atoms with Gasteiger partial charge in [-0.1, -0.05) is 12.1 Å². The Hall–Kier alpha value is -2.67. The van der Waals surface area contributed by atoms with Crippen LogP contribution in [0.25, 0.3) is 0 Å². The van der Waals surface area contributed by atoms with E-state index in [4.69, 9.17) is 5.26 Å². The van der Waals surface area contributed by atoms with Crippen molar-refractivity contribution in [3.8, 4) is 6.07 Å². The van der Waals surface area contributed by atoms with Crippen LogP contribution in [0, 0.1) is 31.1 Å². The molecule has 1 aromatic carbocycles. The molecule has 0 spiro atoms. The summed E-state index contributed by atoms with van der Waals surface area (Å²) in [6.07, 6.45) is 4.78. The van der Waals surface area contributed by atoms with E-state index < -0.39 is 0 Å². The number of amides is 1. The third kappa shape index (κ3) is 3.30. The summed E-state index contributed by atoms with van der Waals surface area (Å²) in [5.74, 6) is 0.360. The van der Waals surface area contributed by atoms with Crippen molar-refractivity contribution < 1.29 is 4.79 Å². The Morgan fingerprint density at radius 3 is 2.83 bits per heavy atom. The average Bonchev–Trinajstić information content (AvgIpc) is 3.39. The second-order valence-electron chi connectivity index (χ2n) is 6.40. The normalized spacial score (nSPS) is 18.7. The number of benzene rings is 1. The van der Waals surface area contributed by atoms with E-state index in [1.54, 1.807) is 11.1 Å². The largest absolute Gasteiger partial charge is 0.311 e. The first-order valence-corrected chi connectivity index (χ1v) is 8.27. The molecule has 0 radical (unpaired) electrons. The molecule has 1 heterocycles. The van der Waals surface area contributed by atoms with Crippen molar-refractivity contribution in [3.05, 3.63) is 59.4 Å². The Labute approximate surface area is 142 Å². The molecule has 4 nitrogen and oxygen atoms in total. The zero-order chi connectivity index (χ0) is 17.1. The number of pyridine rings is 1. The van der Waals surface area contributed by atoms with Gasteiger partial charge in [-0.05, 0) is 61.1 Å². The number of nitrogens with zero attached hydrogens (tertiary/aromatic N) is 3. The summed E-state index contributed by atoms with van der Waals surface area (Å²) in [7, 11) is 0.